The molecule has 0 amide bonds. The standard InChI is InChI=1S/C12H14N4O4S/c1-3-11-13-7-12(14-11)21(19,20)15-9-5-4-8(2)10(6-9)16(17)18/h4-7,15H,3H2,1-2H3,(H,13,14). The van der Waals surface area contributed by atoms with Crippen molar-refractivity contribution >= 4 is 21.4 Å². The monoisotopic (exact) mass is 310 g/mol. The topological polar surface area (TPSA) is 118 Å². The van der Waals surface area contributed by atoms with Crippen molar-refractivity contribution in [3.8, 4) is 0 Å². The lowest BCUT2D eigenvalue weighted by Crippen LogP contribution is -2.13. The third-order valence-electron chi connectivity index (χ3n) is 2.89. The molecule has 0 spiro atoms. The molecule has 9 heteroatoms. The van der Waals surface area contributed by atoms with Crippen LogP contribution in [0.5, 0.6) is 0 Å². The maximum absolute atomic E-state index is 12.1. The molecular weight excluding hydrogens is 296 g/mol. The Bertz CT molecular complexity index is 782. The van der Waals surface area contributed by atoms with E-state index in [1.165, 1.54) is 24.4 Å². The molecule has 2 aromatic rings. The van der Waals surface area contributed by atoms with Crippen LogP contribution in [0.25, 0.3) is 0 Å². The van der Waals surface area contributed by atoms with E-state index in [0.717, 1.165) is 0 Å². The molecule has 21 heavy (non-hydrogen) atoms. The van der Waals surface area contributed by atoms with E-state index in [0.29, 0.717) is 17.8 Å². The zero-order valence-corrected chi connectivity index (χ0v) is 12.3. The van der Waals surface area contributed by atoms with Crippen molar-refractivity contribution in [2.45, 2.75) is 25.3 Å². The van der Waals surface area contributed by atoms with E-state index in [-0.39, 0.29) is 16.4 Å². The van der Waals surface area contributed by atoms with Crippen LogP contribution in [0.4, 0.5) is 11.4 Å². The van der Waals surface area contributed by atoms with Crippen molar-refractivity contribution in [1.29, 1.82) is 0 Å². The number of nitrogens with one attached hydrogen (secondary N) is 2. The SMILES string of the molecule is CCc1ncc(S(=O)(=O)Nc2ccc(C)c([N+](=O)[O-])c2)[nH]1. The molecule has 8 nitrogen and oxygen atoms in total. The molecule has 0 bridgehead atoms. The van der Waals surface area contributed by atoms with Crippen molar-refractivity contribution in [2.24, 2.45) is 0 Å². The minimum Gasteiger partial charge on any atom is -0.332 e. The van der Waals surface area contributed by atoms with Crippen LogP contribution in [0, 0.1) is 17.0 Å². The first-order chi connectivity index (χ1) is 9.83. The molecule has 112 valence electrons. The number of nitrogens with zero attached hydrogens (tertiary/aromatic N) is 2. The summed E-state index contributed by atoms with van der Waals surface area (Å²) in [6.45, 7) is 3.42. The predicted octanol–water partition coefficient (Wildman–Crippen LogP) is 1.99. The van der Waals surface area contributed by atoms with E-state index in [4.69, 9.17) is 0 Å². The molecule has 0 saturated heterocycles. The Balaban J connectivity index is 2.32. The fraction of sp³-hybridized carbons (Fsp3) is 0.250. The largest absolute Gasteiger partial charge is 0.332 e. The van der Waals surface area contributed by atoms with E-state index in [1.54, 1.807) is 6.92 Å². The number of anilines is 1. The van der Waals surface area contributed by atoms with Gasteiger partial charge in [0.2, 0.25) is 0 Å². The molecule has 2 rings (SSSR count). The predicted molar refractivity (Wildman–Crippen MR) is 76.6 cm³/mol. The third-order valence-corrected chi connectivity index (χ3v) is 4.18. The third kappa shape index (κ3) is 3.19. The van der Waals surface area contributed by atoms with Crippen molar-refractivity contribution in [3.63, 3.8) is 0 Å². The number of hydrogen-bond donors (Lipinski definition) is 2. The number of nitro benzene ring substituents is 1. The van der Waals surface area contributed by atoms with Crippen molar-refractivity contribution < 1.29 is 13.3 Å². The number of rotatable bonds is 5. The number of aromatic nitrogens is 2. The summed E-state index contributed by atoms with van der Waals surface area (Å²) in [6.07, 6.45) is 1.79. The summed E-state index contributed by atoms with van der Waals surface area (Å²) in [6, 6.07) is 4.14. The molecule has 0 atom stereocenters. The summed E-state index contributed by atoms with van der Waals surface area (Å²) in [7, 11) is -3.85. The first-order valence-corrected chi connectivity index (χ1v) is 7.63. The van der Waals surface area contributed by atoms with Gasteiger partial charge < -0.3 is 4.98 Å². The second kappa shape index (κ2) is 5.52. The lowest BCUT2D eigenvalue weighted by atomic mass is 10.2. The molecule has 0 unspecified atom stereocenters. The van der Waals surface area contributed by atoms with Gasteiger partial charge in [0.15, 0.2) is 5.03 Å². The van der Waals surface area contributed by atoms with Crippen molar-refractivity contribution in [2.75, 3.05) is 4.72 Å². The van der Waals surface area contributed by atoms with Gasteiger partial charge in [0.05, 0.1) is 16.8 Å². The second-order valence-electron chi connectivity index (χ2n) is 4.41. The molecule has 0 aliphatic heterocycles. The molecule has 0 aliphatic carbocycles. The van der Waals surface area contributed by atoms with Gasteiger partial charge in [-0.3, -0.25) is 14.8 Å². The van der Waals surface area contributed by atoms with Gasteiger partial charge in [-0.25, -0.2) is 4.98 Å². The summed E-state index contributed by atoms with van der Waals surface area (Å²) < 4.78 is 26.6. The Morgan fingerprint density at radius 3 is 2.71 bits per heavy atom. The molecule has 0 fully saturated rings. The Morgan fingerprint density at radius 2 is 2.14 bits per heavy atom. The van der Waals surface area contributed by atoms with Gasteiger partial charge in [-0.2, -0.15) is 8.42 Å². The quantitative estimate of drug-likeness (QED) is 0.646. The van der Waals surface area contributed by atoms with Crippen LogP contribution in [0.15, 0.2) is 29.4 Å². The first-order valence-electron chi connectivity index (χ1n) is 6.15. The highest BCUT2D eigenvalue weighted by atomic mass is 32.2. The first kappa shape index (κ1) is 15.0. The zero-order chi connectivity index (χ0) is 15.6. The number of aryl methyl sites for hydroxylation is 2. The minimum atomic E-state index is -3.85. The smallest absolute Gasteiger partial charge is 0.278 e. The Hall–Kier alpha value is -2.42. The molecule has 1 heterocycles. The van der Waals surface area contributed by atoms with E-state index in [9.17, 15) is 18.5 Å². The highest BCUT2D eigenvalue weighted by molar-refractivity contribution is 7.92. The zero-order valence-electron chi connectivity index (χ0n) is 11.5. The lowest BCUT2D eigenvalue weighted by molar-refractivity contribution is -0.385. The maximum atomic E-state index is 12.1. The van der Waals surface area contributed by atoms with Crippen molar-refractivity contribution in [1.82, 2.24) is 9.97 Å². The highest BCUT2D eigenvalue weighted by Gasteiger charge is 2.19. The Morgan fingerprint density at radius 1 is 1.43 bits per heavy atom. The van der Waals surface area contributed by atoms with Crippen LogP contribution < -0.4 is 4.72 Å². The molecule has 1 aromatic carbocycles. The van der Waals surface area contributed by atoms with Crippen LogP contribution in [0.1, 0.15) is 18.3 Å². The van der Waals surface area contributed by atoms with E-state index < -0.39 is 14.9 Å². The summed E-state index contributed by atoms with van der Waals surface area (Å²) in [5.41, 5.74) is 0.437. The number of aromatic amines is 1. The normalized spacial score (nSPS) is 11.3. The lowest BCUT2D eigenvalue weighted by Gasteiger charge is -2.07. The van der Waals surface area contributed by atoms with Gasteiger partial charge in [-0.15, -0.1) is 0 Å². The Kier molecular flexibility index (Phi) is 3.94. The summed E-state index contributed by atoms with van der Waals surface area (Å²) in [5, 5.41) is 10.8. The van der Waals surface area contributed by atoms with Gasteiger partial charge in [0.25, 0.3) is 15.7 Å². The van der Waals surface area contributed by atoms with Crippen LogP contribution in [-0.4, -0.2) is 23.3 Å². The molecule has 1 aromatic heterocycles. The van der Waals surface area contributed by atoms with Crippen LogP contribution >= 0.6 is 0 Å². The molecule has 2 N–H and O–H groups in total. The molecule has 0 radical (unpaired) electrons. The average Bonchev–Trinajstić information content (AvgIpc) is 2.90. The number of H-pyrrole nitrogens is 1. The summed E-state index contributed by atoms with van der Waals surface area (Å²) in [4.78, 5) is 16.9. The number of benzene rings is 1. The van der Waals surface area contributed by atoms with Gasteiger partial charge >= 0.3 is 0 Å². The Labute approximate surface area is 121 Å². The number of sulfonamides is 1. The summed E-state index contributed by atoms with van der Waals surface area (Å²) in [5.74, 6) is 0.547. The van der Waals surface area contributed by atoms with E-state index in [2.05, 4.69) is 14.7 Å². The van der Waals surface area contributed by atoms with E-state index >= 15 is 0 Å². The molecule has 0 saturated carbocycles. The average molecular weight is 310 g/mol. The van der Waals surface area contributed by atoms with Gasteiger partial charge in [0.1, 0.15) is 5.82 Å². The van der Waals surface area contributed by atoms with Gasteiger partial charge in [-0.05, 0) is 13.0 Å². The van der Waals surface area contributed by atoms with E-state index in [1.807, 2.05) is 6.92 Å². The summed E-state index contributed by atoms with van der Waals surface area (Å²) >= 11 is 0. The van der Waals surface area contributed by atoms with Crippen LogP contribution in [-0.2, 0) is 16.4 Å². The minimum absolute atomic E-state index is 0.0809. The maximum Gasteiger partial charge on any atom is 0.278 e. The number of nitro groups is 1. The van der Waals surface area contributed by atoms with Crippen LogP contribution in [0.2, 0.25) is 0 Å². The second-order valence-corrected chi connectivity index (χ2v) is 6.06. The number of imidazole rings is 1. The van der Waals surface area contributed by atoms with Gasteiger partial charge in [0, 0.05) is 18.1 Å². The van der Waals surface area contributed by atoms with Gasteiger partial charge in [-0.1, -0.05) is 13.0 Å². The molecular formula is C12H14N4O4S. The molecule has 0 aliphatic rings. The number of hydrogen-bond acceptors (Lipinski definition) is 5. The fourth-order valence-corrected chi connectivity index (χ4v) is 2.73. The van der Waals surface area contributed by atoms with Crippen LogP contribution in [0.3, 0.4) is 0 Å². The fourth-order valence-electron chi connectivity index (χ4n) is 1.74. The van der Waals surface area contributed by atoms with Crippen molar-refractivity contribution in [3.05, 3.63) is 45.9 Å². The highest BCUT2D eigenvalue weighted by Crippen LogP contribution is 2.24.